The van der Waals surface area contributed by atoms with Crippen LogP contribution in [-0.4, -0.2) is 33.1 Å². The number of ketones is 4. The molecule has 6 rings (SSSR count). The summed E-state index contributed by atoms with van der Waals surface area (Å²) >= 11 is 8.17. The third-order valence-electron chi connectivity index (χ3n) is 9.81. The zero-order valence-electron chi connectivity index (χ0n) is 28.7. The van der Waals surface area contributed by atoms with Gasteiger partial charge in [-0.15, -0.1) is 11.3 Å². The summed E-state index contributed by atoms with van der Waals surface area (Å²) in [5, 5.41) is 1.29. The number of fused-ring (bicyclic) bond motifs is 2. The molecule has 0 bridgehead atoms. The topological polar surface area (TPSA) is 107 Å². The molecule has 0 spiro atoms. The van der Waals surface area contributed by atoms with Crippen LogP contribution in [0.1, 0.15) is 82.3 Å². The minimum atomic E-state index is -4.49. The fourth-order valence-corrected chi connectivity index (χ4v) is 7.88. The smallest absolute Gasteiger partial charge is 0.416 e. The van der Waals surface area contributed by atoms with E-state index in [9.17, 15) is 32.3 Å². The minimum absolute atomic E-state index is 0.0727. The van der Waals surface area contributed by atoms with Crippen molar-refractivity contribution in [3.05, 3.63) is 102 Å². The molecule has 0 saturated heterocycles. The number of hydrogen-bond acceptors (Lipinski definition) is 8. The first kappa shape index (κ1) is 36.3. The molecule has 2 aliphatic carbocycles. The number of hydrogen-bond donors (Lipinski definition) is 0. The van der Waals surface area contributed by atoms with Gasteiger partial charge in [0.25, 0.3) is 0 Å². The molecule has 0 radical (unpaired) electrons. The molecule has 2 heterocycles. The number of Topliss-reactive ketones (excluding diaryl/α,β-unsaturated/α-hetero) is 4. The van der Waals surface area contributed by atoms with Crippen molar-refractivity contribution in [2.75, 3.05) is 0 Å². The van der Waals surface area contributed by atoms with Gasteiger partial charge in [-0.05, 0) is 103 Å². The van der Waals surface area contributed by atoms with E-state index in [0.717, 1.165) is 21.8 Å². The lowest BCUT2D eigenvalue weighted by Crippen LogP contribution is -2.23. The summed E-state index contributed by atoms with van der Waals surface area (Å²) in [5.41, 5.74) is 4.51. The van der Waals surface area contributed by atoms with E-state index in [4.69, 9.17) is 21.0 Å². The van der Waals surface area contributed by atoms with Crippen LogP contribution in [-0.2, 0) is 44.6 Å². The molecule has 0 amide bonds. The molecule has 0 atom stereocenters. The van der Waals surface area contributed by atoms with Gasteiger partial charge in [0.1, 0.15) is 5.52 Å². The van der Waals surface area contributed by atoms with Gasteiger partial charge in [-0.1, -0.05) is 11.6 Å². The fourth-order valence-electron chi connectivity index (χ4n) is 6.60. The maximum Gasteiger partial charge on any atom is 0.416 e. The van der Waals surface area contributed by atoms with Crippen LogP contribution in [0.25, 0.3) is 21.3 Å². The van der Waals surface area contributed by atoms with Crippen LogP contribution in [0.2, 0.25) is 5.02 Å². The quantitative estimate of drug-likeness (QED) is 0.149. The third-order valence-corrected chi connectivity index (χ3v) is 11.2. The molecule has 2 aromatic carbocycles. The van der Waals surface area contributed by atoms with E-state index in [1.165, 1.54) is 17.4 Å². The second-order valence-electron chi connectivity index (χ2n) is 13.1. The number of rotatable bonds is 10. The molecule has 0 aliphatic heterocycles. The second kappa shape index (κ2) is 13.9. The van der Waals surface area contributed by atoms with E-state index in [1.807, 2.05) is 6.07 Å². The number of alkyl halides is 3. The Morgan fingerprint density at radius 2 is 1.27 bits per heavy atom. The molecular weight excluding hydrogens is 701 g/mol. The highest BCUT2D eigenvalue weighted by Crippen LogP contribution is 2.36. The Balaban J connectivity index is 1.11. The van der Waals surface area contributed by atoms with E-state index in [0.29, 0.717) is 86.4 Å². The Morgan fingerprint density at radius 3 is 1.96 bits per heavy atom. The molecule has 51 heavy (non-hydrogen) atoms. The first-order chi connectivity index (χ1) is 24.0. The highest BCUT2D eigenvalue weighted by molar-refractivity contribution is 7.18. The Bertz CT molecular complexity index is 2320. The highest BCUT2D eigenvalue weighted by atomic mass is 35.5. The van der Waals surface area contributed by atoms with Gasteiger partial charge < -0.3 is 4.42 Å². The molecule has 0 fully saturated rings. The largest absolute Gasteiger partial charge is 0.441 e. The fraction of sp³-hybridized carbons (Fsp3) is 0.333. The number of halogens is 4. The zero-order valence-corrected chi connectivity index (χ0v) is 30.3. The van der Waals surface area contributed by atoms with Crippen molar-refractivity contribution in [1.82, 2.24) is 9.97 Å². The summed E-state index contributed by atoms with van der Waals surface area (Å²) in [7, 11) is 0. The molecular formula is C39H34ClF3N2O5S. The number of aryl methyl sites for hydroxylation is 2. The molecule has 264 valence electrons. The highest BCUT2D eigenvalue weighted by Gasteiger charge is 2.32. The summed E-state index contributed by atoms with van der Waals surface area (Å²) in [6, 6.07) is 6.78. The van der Waals surface area contributed by atoms with Crippen molar-refractivity contribution >= 4 is 67.4 Å². The number of carbonyl (C=O) groups is 4. The molecule has 4 aromatic rings. The summed E-state index contributed by atoms with van der Waals surface area (Å²) in [6.07, 6.45) is -1.62. The molecule has 0 N–H and O–H groups in total. The summed E-state index contributed by atoms with van der Waals surface area (Å²) < 4.78 is 45.7. The zero-order chi connectivity index (χ0) is 36.9. The SMILES string of the molecule is CC1=C(C)C(=O)C(CCCc2nc3cc(Cl)c(CC4=C(C)C(=O)C(CCCc5nc6cc(C(F)(F)F)ccc6o5)=C(C)C4=O)cc3s2)=C(C)C1=O. The van der Waals surface area contributed by atoms with Crippen molar-refractivity contribution in [3.63, 3.8) is 0 Å². The maximum absolute atomic E-state index is 13.6. The second-order valence-corrected chi connectivity index (χ2v) is 14.6. The average molecular weight is 735 g/mol. The molecule has 0 saturated carbocycles. The minimum Gasteiger partial charge on any atom is -0.441 e. The van der Waals surface area contributed by atoms with Crippen LogP contribution in [0.15, 0.2) is 79.3 Å². The Morgan fingerprint density at radius 1 is 0.686 bits per heavy atom. The Hall–Kier alpha value is -4.48. The van der Waals surface area contributed by atoms with Crippen molar-refractivity contribution in [1.29, 1.82) is 0 Å². The van der Waals surface area contributed by atoms with E-state index in [1.54, 1.807) is 40.7 Å². The lowest BCUT2D eigenvalue weighted by atomic mass is 9.81. The number of allylic oxidation sites excluding steroid dienone is 8. The maximum atomic E-state index is 13.6. The van der Waals surface area contributed by atoms with E-state index < -0.39 is 11.7 Å². The summed E-state index contributed by atoms with van der Waals surface area (Å²) in [5.74, 6) is -0.354. The lowest BCUT2D eigenvalue weighted by Gasteiger charge is -2.21. The Kier molecular flexibility index (Phi) is 9.91. The number of benzene rings is 2. The van der Waals surface area contributed by atoms with Crippen LogP contribution in [0.4, 0.5) is 13.2 Å². The predicted octanol–water partition coefficient (Wildman–Crippen LogP) is 9.59. The van der Waals surface area contributed by atoms with Gasteiger partial charge in [0.05, 0.1) is 20.8 Å². The first-order valence-electron chi connectivity index (χ1n) is 16.5. The van der Waals surface area contributed by atoms with Crippen molar-refractivity contribution in [3.8, 4) is 0 Å². The van der Waals surface area contributed by atoms with Gasteiger partial charge in [0.2, 0.25) is 0 Å². The van der Waals surface area contributed by atoms with Gasteiger partial charge in [0.15, 0.2) is 34.6 Å². The number of aromatic nitrogens is 2. The van der Waals surface area contributed by atoms with E-state index in [-0.39, 0.29) is 59.4 Å². The van der Waals surface area contributed by atoms with Gasteiger partial charge in [-0.25, -0.2) is 9.97 Å². The van der Waals surface area contributed by atoms with Crippen LogP contribution >= 0.6 is 22.9 Å². The third kappa shape index (κ3) is 7.06. The molecule has 7 nitrogen and oxygen atoms in total. The van der Waals surface area contributed by atoms with E-state index in [2.05, 4.69) is 4.98 Å². The monoisotopic (exact) mass is 734 g/mol. The average Bonchev–Trinajstić information content (AvgIpc) is 3.69. The first-order valence-corrected chi connectivity index (χ1v) is 17.7. The van der Waals surface area contributed by atoms with Gasteiger partial charge in [-0.3, -0.25) is 19.2 Å². The molecule has 2 aliphatic rings. The standard InChI is InChI=1S/C39H34ClF3N2O5S/c1-18-19(2)36(47)25(20(3)35(18)46)9-7-11-34-45-30-17-28(40)23(15-32(30)51-34)14-27-22(5)37(48)26(21(4)38(27)49)8-6-10-33-44-29-16-24(39(41,42)43)12-13-31(29)50-33/h12-13,15-17H,6-11,14H2,1-5H3. The van der Waals surface area contributed by atoms with Crippen LogP contribution in [0.3, 0.4) is 0 Å². The van der Waals surface area contributed by atoms with E-state index >= 15 is 0 Å². The van der Waals surface area contributed by atoms with Gasteiger partial charge in [0, 0.05) is 62.4 Å². The van der Waals surface area contributed by atoms with Crippen molar-refractivity contribution in [2.45, 2.75) is 85.7 Å². The van der Waals surface area contributed by atoms with Crippen LogP contribution in [0.5, 0.6) is 0 Å². The lowest BCUT2D eigenvalue weighted by molar-refractivity contribution is -0.137. The van der Waals surface area contributed by atoms with Gasteiger partial charge in [-0.2, -0.15) is 13.2 Å². The number of oxazole rings is 1. The van der Waals surface area contributed by atoms with Crippen LogP contribution < -0.4 is 0 Å². The van der Waals surface area contributed by atoms with Crippen LogP contribution in [0, 0.1) is 0 Å². The molecule has 12 heteroatoms. The number of thiazole rings is 1. The van der Waals surface area contributed by atoms with Gasteiger partial charge >= 0.3 is 6.18 Å². The molecule has 0 unspecified atom stereocenters. The summed E-state index contributed by atoms with van der Waals surface area (Å²) in [6.45, 7) is 8.35. The normalized spacial score (nSPS) is 16.3. The van der Waals surface area contributed by atoms with Crippen molar-refractivity contribution in [2.24, 2.45) is 0 Å². The number of carbonyl (C=O) groups excluding carboxylic acids is 4. The Labute approximate surface area is 301 Å². The summed E-state index contributed by atoms with van der Waals surface area (Å²) in [4.78, 5) is 61.3. The molecule has 2 aromatic heterocycles. The van der Waals surface area contributed by atoms with Crippen molar-refractivity contribution < 1.29 is 36.8 Å². The number of nitrogens with zero attached hydrogens (tertiary/aromatic N) is 2. The predicted molar refractivity (Wildman–Crippen MR) is 190 cm³/mol.